The van der Waals surface area contributed by atoms with Crippen LogP contribution in [0.1, 0.15) is 32.6 Å². The van der Waals surface area contributed by atoms with E-state index in [1.165, 1.54) is 19.3 Å². The van der Waals surface area contributed by atoms with Crippen molar-refractivity contribution in [3.8, 4) is 0 Å². The normalized spacial score (nSPS) is 31.0. The summed E-state index contributed by atoms with van der Waals surface area (Å²) >= 11 is 0. The van der Waals surface area contributed by atoms with E-state index in [9.17, 15) is 4.79 Å². The third-order valence-electron chi connectivity index (χ3n) is 3.94. The average molecular weight is 222 g/mol. The monoisotopic (exact) mass is 222 g/mol. The molecule has 2 rings (SSSR count). The van der Waals surface area contributed by atoms with Crippen molar-refractivity contribution < 1.29 is 4.79 Å². The molecule has 0 spiro atoms. The minimum atomic E-state index is 0.0492. The lowest BCUT2D eigenvalue weighted by Gasteiger charge is -2.33. The molecule has 0 aromatic rings. The molecule has 0 aromatic carbocycles. The van der Waals surface area contributed by atoms with Gasteiger partial charge in [0.25, 0.3) is 0 Å². The third kappa shape index (κ3) is 2.46. The molecule has 3 heteroatoms. The summed E-state index contributed by atoms with van der Waals surface area (Å²) in [5, 5.41) is 0. The van der Waals surface area contributed by atoms with Crippen molar-refractivity contribution in [2.75, 3.05) is 13.1 Å². The van der Waals surface area contributed by atoms with Crippen LogP contribution < -0.4 is 5.73 Å². The Kier molecular flexibility index (Phi) is 3.64. The molecule has 1 heterocycles. The molecule has 2 atom stereocenters. The molecule has 0 saturated carbocycles. The first kappa shape index (κ1) is 11.6. The molecule has 0 radical (unpaired) electrons. The molecule has 3 nitrogen and oxygen atoms in total. The highest BCUT2D eigenvalue weighted by atomic mass is 16.2. The highest BCUT2D eigenvalue weighted by Gasteiger charge is 2.29. The van der Waals surface area contributed by atoms with E-state index in [0.29, 0.717) is 5.91 Å². The van der Waals surface area contributed by atoms with Crippen molar-refractivity contribution in [1.29, 1.82) is 0 Å². The molecule has 1 saturated heterocycles. The lowest BCUT2D eigenvalue weighted by atomic mass is 9.93. The summed E-state index contributed by atoms with van der Waals surface area (Å²) in [5.41, 5.74) is 5.78. The summed E-state index contributed by atoms with van der Waals surface area (Å²) in [4.78, 5) is 14.2. The third-order valence-corrected chi connectivity index (χ3v) is 3.94. The molecule has 1 aliphatic carbocycles. The maximum Gasteiger partial charge on any atom is 0.229 e. The van der Waals surface area contributed by atoms with E-state index in [-0.39, 0.29) is 12.0 Å². The summed E-state index contributed by atoms with van der Waals surface area (Å²) in [5.74, 6) is 1.16. The number of nitrogens with zero attached hydrogens (tertiary/aromatic N) is 1. The Morgan fingerprint density at radius 2 is 2.06 bits per heavy atom. The van der Waals surface area contributed by atoms with E-state index in [0.717, 1.165) is 25.4 Å². The second kappa shape index (κ2) is 5.00. The molecule has 0 aromatic heterocycles. The predicted octanol–water partition coefficient (Wildman–Crippen LogP) is 1.54. The molecular weight excluding hydrogens is 200 g/mol. The van der Waals surface area contributed by atoms with Gasteiger partial charge < -0.3 is 10.6 Å². The Hall–Kier alpha value is -0.830. The van der Waals surface area contributed by atoms with Gasteiger partial charge in [0.1, 0.15) is 0 Å². The van der Waals surface area contributed by atoms with Crippen LogP contribution in [0, 0.1) is 11.8 Å². The number of carbonyl (C=O) groups excluding carboxylic acids is 1. The maximum atomic E-state index is 12.2. The van der Waals surface area contributed by atoms with Crippen molar-refractivity contribution in [2.24, 2.45) is 17.6 Å². The van der Waals surface area contributed by atoms with Gasteiger partial charge in [0, 0.05) is 19.1 Å². The molecule has 16 heavy (non-hydrogen) atoms. The van der Waals surface area contributed by atoms with Crippen molar-refractivity contribution in [3.05, 3.63) is 12.2 Å². The number of hydrogen-bond donors (Lipinski definition) is 1. The van der Waals surface area contributed by atoms with Gasteiger partial charge in [-0.15, -0.1) is 0 Å². The van der Waals surface area contributed by atoms with Gasteiger partial charge in [0.2, 0.25) is 5.91 Å². The predicted molar refractivity (Wildman–Crippen MR) is 64.8 cm³/mol. The van der Waals surface area contributed by atoms with Crippen LogP contribution in [0.4, 0.5) is 0 Å². The molecule has 2 N–H and O–H groups in total. The summed E-state index contributed by atoms with van der Waals surface area (Å²) in [6, 6.07) is 0.0853. The fourth-order valence-electron chi connectivity index (χ4n) is 2.71. The van der Waals surface area contributed by atoms with Crippen LogP contribution >= 0.6 is 0 Å². The largest absolute Gasteiger partial charge is 0.342 e. The first-order valence-electron chi connectivity index (χ1n) is 6.43. The number of amides is 1. The Balaban J connectivity index is 1.85. The molecule has 90 valence electrons. The highest BCUT2D eigenvalue weighted by Crippen LogP contribution is 2.24. The fraction of sp³-hybridized carbons (Fsp3) is 0.769. The fourth-order valence-corrected chi connectivity index (χ4v) is 2.71. The molecular formula is C13H22N2O. The zero-order valence-corrected chi connectivity index (χ0v) is 10.1. The number of piperidine rings is 1. The summed E-state index contributed by atoms with van der Waals surface area (Å²) in [6.45, 7) is 4.12. The van der Waals surface area contributed by atoms with E-state index < -0.39 is 0 Å². The van der Waals surface area contributed by atoms with Gasteiger partial charge in [-0.1, -0.05) is 25.5 Å². The van der Waals surface area contributed by atoms with Gasteiger partial charge in [0.05, 0.1) is 5.92 Å². The van der Waals surface area contributed by atoms with Crippen LogP contribution in [0.5, 0.6) is 0 Å². The topological polar surface area (TPSA) is 46.3 Å². The van der Waals surface area contributed by atoms with Gasteiger partial charge in [-0.25, -0.2) is 0 Å². The average Bonchev–Trinajstić information content (AvgIpc) is 2.75. The van der Waals surface area contributed by atoms with Gasteiger partial charge in [-0.3, -0.25) is 4.79 Å². The van der Waals surface area contributed by atoms with Crippen molar-refractivity contribution in [1.82, 2.24) is 4.90 Å². The van der Waals surface area contributed by atoms with Gasteiger partial charge in [0.15, 0.2) is 0 Å². The van der Waals surface area contributed by atoms with E-state index in [2.05, 4.69) is 6.92 Å². The van der Waals surface area contributed by atoms with E-state index in [4.69, 9.17) is 5.73 Å². The van der Waals surface area contributed by atoms with Crippen LogP contribution in [0.3, 0.4) is 0 Å². The second-order valence-corrected chi connectivity index (χ2v) is 5.07. The SMILES string of the molecule is CCC1CCN(C(=O)C2C=CC(N)C2)CC1. The van der Waals surface area contributed by atoms with E-state index >= 15 is 0 Å². The Morgan fingerprint density at radius 1 is 1.38 bits per heavy atom. The second-order valence-electron chi connectivity index (χ2n) is 5.07. The first-order valence-corrected chi connectivity index (χ1v) is 6.43. The number of hydrogen-bond acceptors (Lipinski definition) is 2. The minimum Gasteiger partial charge on any atom is -0.342 e. The number of carbonyl (C=O) groups is 1. The van der Waals surface area contributed by atoms with E-state index in [1.807, 2.05) is 17.1 Å². The zero-order valence-electron chi connectivity index (χ0n) is 10.1. The number of rotatable bonds is 2. The van der Waals surface area contributed by atoms with Crippen molar-refractivity contribution >= 4 is 5.91 Å². The summed E-state index contributed by atoms with van der Waals surface area (Å²) in [7, 11) is 0. The quantitative estimate of drug-likeness (QED) is 0.720. The smallest absolute Gasteiger partial charge is 0.229 e. The zero-order chi connectivity index (χ0) is 11.5. The molecule has 1 aliphatic heterocycles. The van der Waals surface area contributed by atoms with Crippen molar-refractivity contribution in [2.45, 2.75) is 38.6 Å². The first-order chi connectivity index (χ1) is 7.70. The number of nitrogens with two attached hydrogens (primary N) is 1. The van der Waals surface area contributed by atoms with Crippen LogP contribution in [-0.2, 0) is 4.79 Å². The van der Waals surface area contributed by atoms with Crippen LogP contribution in [0.15, 0.2) is 12.2 Å². The number of likely N-dealkylation sites (tertiary alicyclic amines) is 1. The van der Waals surface area contributed by atoms with Crippen LogP contribution in [0.25, 0.3) is 0 Å². The molecule has 2 unspecified atom stereocenters. The van der Waals surface area contributed by atoms with Crippen molar-refractivity contribution in [3.63, 3.8) is 0 Å². The summed E-state index contributed by atoms with van der Waals surface area (Å²) in [6.07, 6.45) is 8.33. The standard InChI is InChI=1S/C13H22N2O/c1-2-10-5-7-15(8-6-10)13(16)11-3-4-12(14)9-11/h3-4,10-12H,2,5-9,14H2,1H3. The Morgan fingerprint density at radius 3 is 2.56 bits per heavy atom. The van der Waals surface area contributed by atoms with Gasteiger partial charge in [-0.2, -0.15) is 0 Å². The summed E-state index contributed by atoms with van der Waals surface area (Å²) < 4.78 is 0. The molecule has 2 aliphatic rings. The van der Waals surface area contributed by atoms with Crippen LogP contribution in [-0.4, -0.2) is 29.9 Å². The molecule has 1 amide bonds. The Labute approximate surface area is 97.7 Å². The van der Waals surface area contributed by atoms with Gasteiger partial charge in [-0.05, 0) is 25.2 Å². The van der Waals surface area contributed by atoms with Gasteiger partial charge >= 0.3 is 0 Å². The molecule has 1 fully saturated rings. The highest BCUT2D eigenvalue weighted by molar-refractivity contribution is 5.81. The molecule has 0 bridgehead atoms. The van der Waals surface area contributed by atoms with E-state index in [1.54, 1.807) is 0 Å². The lowest BCUT2D eigenvalue weighted by Crippen LogP contribution is -2.41. The Bertz CT molecular complexity index is 280. The minimum absolute atomic E-state index is 0.0492. The van der Waals surface area contributed by atoms with Crippen LogP contribution in [0.2, 0.25) is 0 Å². The lowest BCUT2D eigenvalue weighted by molar-refractivity contribution is -0.135. The maximum absolute atomic E-state index is 12.2.